The Labute approximate surface area is 133 Å². The second kappa shape index (κ2) is 8.08. The summed E-state index contributed by atoms with van der Waals surface area (Å²) < 4.78 is 6.05. The number of aryl methyl sites for hydroxylation is 1. The number of hydrogen-bond acceptors (Lipinski definition) is 3. The van der Waals surface area contributed by atoms with Crippen LogP contribution in [-0.2, 0) is 12.8 Å². The zero-order valence-electron chi connectivity index (χ0n) is 11.9. The van der Waals surface area contributed by atoms with Crippen molar-refractivity contribution in [3.63, 3.8) is 0 Å². The number of nitrogens with one attached hydrogen (secondary N) is 1. The summed E-state index contributed by atoms with van der Waals surface area (Å²) in [5.41, 5.74) is 2.81. The number of piperazine rings is 1. The number of halogens is 2. The minimum atomic E-state index is 0. The molecule has 1 atom stereocenters. The van der Waals surface area contributed by atoms with Crippen LogP contribution in [0.15, 0.2) is 18.2 Å². The summed E-state index contributed by atoms with van der Waals surface area (Å²) in [5.74, 6) is 1.10. The Hall–Kier alpha value is -0.480. The summed E-state index contributed by atoms with van der Waals surface area (Å²) in [6.45, 7) is 7.79. The van der Waals surface area contributed by atoms with Gasteiger partial charge < -0.3 is 10.1 Å². The largest absolute Gasteiger partial charge is 0.488 e. The van der Waals surface area contributed by atoms with Crippen LogP contribution in [-0.4, -0.2) is 43.7 Å². The summed E-state index contributed by atoms with van der Waals surface area (Å²) in [5, 5.41) is 3.39. The molecule has 0 aliphatic carbocycles. The maximum atomic E-state index is 6.05. The van der Waals surface area contributed by atoms with Crippen molar-refractivity contribution < 1.29 is 4.74 Å². The number of ether oxygens (including phenoxy) is 1. The van der Waals surface area contributed by atoms with Crippen LogP contribution in [0.2, 0.25) is 0 Å². The SMILES string of the molecule is CCc1ccc2c(c1)CC(CN1CCNCC1)O2.Cl.Cl. The molecule has 0 radical (unpaired) electrons. The van der Waals surface area contributed by atoms with Crippen molar-refractivity contribution in [1.82, 2.24) is 10.2 Å². The van der Waals surface area contributed by atoms with Crippen LogP contribution < -0.4 is 10.1 Å². The molecule has 1 unspecified atom stereocenters. The van der Waals surface area contributed by atoms with E-state index in [2.05, 4.69) is 35.3 Å². The number of benzene rings is 1. The summed E-state index contributed by atoms with van der Waals surface area (Å²) in [6.07, 6.45) is 2.54. The number of hydrogen-bond donors (Lipinski definition) is 1. The van der Waals surface area contributed by atoms with Crippen LogP contribution in [0.5, 0.6) is 5.75 Å². The highest BCUT2D eigenvalue weighted by molar-refractivity contribution is 5.85. The Bertz CT molecular complexity index is 422. The molecule has 1 N–H and O–H groups in total. The zero-order valence-corrected chi connectivity index (χ0v) is 13.6. The summed E-state index contributed by atoms with van der Waals surface area (Å²) in [6, 6.07) is 6.64. The fraction of sp³-hybridized carbons (Fsp3) is 0.600. The van der Waals surface area contributed by atoms with E-state index in [1.165, 1.54) is 11.1 Å². The van der Waals surface area contributed by atoms with Crippen LogP contribution in [0.25, 0.3) is 0 Å². The Morgan fingerprint density at radius 1 is 1.25 bits per heavy atom. The molecule has 1 aromatic rings. The lowest BCUT2D eigenvalue weighted by Crippen LogP contribution is -2.47. The van der Waals surface area contributed by atoms with Gasteiger partial charge in [0.15, 0.2) is 0 Å². The Morgan fingerprint density at radius 3 is 2.70 bits per heavy atom. The van der Waals surface area contributed by atoms with Crippen LogP contribution in [0, 0.1) is 0 Å². The van der Waals surface area contributed by atoms with Crippen molar-refractivity contribution in [3.8, 4) is 5.75 Å². The van der Waals surface area contributed by atoms with Gasteiger partial charge in [0.1, 0.15) is 11.9 Å². The Balaban J connectivity index is 0.000001000. The third-order valence-electron chi connectivity index (χ3n) is 3.95. The lowest BCUT2D eigenvalue weighted by Gasteiger charge is -2.29. The van der Waals surface area contributed by atoms with Gasteiger partial charge in [0.05, 0.1) is 0 Å². The highest BCUT2D eigenvalue weighted by Gasteiger charge is 2.25. The first-order chi connectivity index (χ1) is 8.85. The zero-order chi connectivity index (χ0) is 12.4. The molecule has 0 amide bonds. The van der Waals surface area contributed by atoms with E-state index in [1.54, 1.807) is 0 Å². The maximum Gasteiger partial charge on any atom is 0.123 e. The molecule has 2 heterocycles. The molecule has 0 spiro atoms. The average molecular weight is 319 g/mol. The van der Waals surface area contributed by atoms with Gasteiger partial charge in [-0.1, -0.05) is 19.1 Å². The molecule has 3 rings (SSSR count). The van der Waals surface area contributed by atoms with E-state index < -0.39 is 0 Å². The first kappa shape index (κ1) is 17.6. The van der Waals surface area contributed by atoms with Gasteiger partial charge >= 0.3 is 0 Å². The fourth-order valence-corrected chi connectivity index (χ4v) is 2.88. The van der Waals surface area contributed by atoms with Crippen molar-refractivity contribution in [2.24, 2.45) is 0 Å². The van der Waals surface area contributed by atoms with Crippen molar-refractivity contribution in [3.05, 3.63) is 29.3 Å². The molecule has 0 bridgehead atoms. The minimum Gasteiger partial charge on any atom is -0.488 e. The third kappa shape index (κ3) is 4.01. The van der Waals surface area contributed by atoms with Crippen molar-refractivity contribution in [2.75, 3.05) is 32.7 Å². The van der Waals surface area contributed by atoms with E-state index >= 15 is 0 Å². The van der Waals surface area contributed by atoms with Crippen molar-refractivity contribution in [2.45, 2.75) is 25.9 Å². The Kier molecular flexibility index (Phi) is 7.10. The maximum absolute atomic E-state index is 6.05. The van der Waals surface area contributed by atoms with Gasteiger partial charge in [0.25, 0.3) is 0 Å². The highest BCUT2D eigenvalue weighted by atomic mass is 35.5. The predicted octanol–water partition coefficient (Wildman–Crippen LogP) is 2.30. The molecular formula is C15H24Cl2N2O. The van der Waals surface area contributed by atoms with Gasteiger partial charge in [-0.2, -0.15) is 0 Å². The molecule has 114 valence electrons. The normalized spacial score (nSPS) is 21.4. The Morgan fingerprint density at radius 2 is 2.00 bits per heavy atom. The lowest BCUT2D eigenvalue weighted by atomic mass is 10.0. The van der Waals surface area contributed by atoms with Gasteiger partial charge in [-0.25, -0.2) is 0 Å². The average Bonchev–Trinajstić information content (AvgIpc) is 2.80. The molecule has 2 aliphatic heterocycles. The molecule has 3 nitrogen and oxygen atoms in total. The van der Waals surface area contributed by atoms with E-state index in [4.69, 9.17) is 4.74 Å². The van der Waals surface area contributed by atoms with Crippen LogP contribution in [0.4, 0.5) is 0 Å². The standard InChI is InChI=1S/C15H22N2O.2ClH/c1-2-12-3-4-15-13(9-12)10-14(18-15)11-17-7-5-16-6-8-17;;/h3-4,9,14,16H,2,5-8,10-11H2,1H3;2*1H. The molecule has 1 fully saturated rings. The number of fused-ring (bicyclic) bond motifs is 1. The van der Waals surface area contributed by atoms with Crippen LogP contribution >= 0.6 is 24.8 Å². The molecule has 2 aliphatic rings. The van der Waals surface area contributed by atoms with Gasteiger partial charge in [-0.15, -0.1) is 24.8 Å². The monoisotopic (exact) mass is 318 g/mol. The van der Waals surface area contributed by atoms with Gasteiger partial charge in [-0.05, 0) is 23.6 Å². The topological polar surface area (TPSA) is 24.5 Å². The first-order valence-corrected chi connectivity index (χ1v) is 7.06. The van der Waals surface area contributed by atoms with Gasteiger partial charge in [0, 0.05) is 39.1 Å². The molecular weight excluding hydrogens is 295 g/mol. The van der Waals surface area contributed by atoms with Crippen LogP contribution in [0.3, 0.4) is 0 Å². The highest BCUT2D eigenvalue weighted by Crippen LogP contribution is 2.30. The van der Waals surface area contributed by atoms with Gasteiger partial charge in [-0.3, -0.25) is 4.90 Å². The first-order valence-electron chi connectivity index (χ1n) is 7.06. The fourth-order valence-electron chi connectivity index (χ4n) is 2.88. The third-order valence-corrected chi connectivity index (χ3v) is 3.95. The van der Waals surface area contributed by atoms with Crippen molar-refractivity contribution >= 4 is 24.8 Å². The van der Waals surface area contributed by atoms with E-state index in [0.717, 1.165) is 51.3 Å². The lowest BCUT2D eigenvalue weighted by molar-refractivity contribution is 0.139. The second-order valence-corrected chi connectivity index (χ2v) is 5.29. The molecule has 0 saturated carbocycles. The number of rotatable bonds is 3. The van der Waals surface area contributed by atoms with E-state index in [1.807, 2.05) is 0 Å². The molecule has 1 aromatic carbocycles. The smallest absolute Gasteiger partial charge is 0.123 e. The van der Waals surface area contributed by atoms with E-state index in [9.17, 15) is 0 Å². The predicted molar refractivity (Wildman–Crippen MR) is 87.7 cm³/mol. The number of nitrogens with zero attached hydrogens (tertiary/aromatic N) is 1. The minimum absolute atomic E-state index is 0. The second-order valence-electron chi connectivity index (χ2n) is 5.29. The summed E-state index contributed by atoms with van der Waals surface area (Å²) in [4.78, 5) is 2.51. The van der Waals surface area contributed by atoms with Crippen molar-refractivity contribution in [1.29, 1.82) is 0 Å². The quantitative estimate of drug-likeness (QED) is 0.925. The van der Waals surface area contributed by atoms with E-state index in [-0.39, 0.29) is 24.8 Å². The summed E-state index contributed by atoms with van der Waals surface area (Å²) in [7, 11) is 0. The van der Waals surface area contributed by atoms with E-state index in [0.29, 0.717) is 6.10 Å². The molecule has 1 saturated heterocycles. The summed E-state index contributed by atoms with van der Waals surface area (Å²) >= 11 is 0. The molecule has 5 heteroatoms. The van der Waals surface area contributed by atoms with Crippen LogP contribution in [0.1, 0.15) is 18.1 Å². The van der Waals surface area contributed by atoms with Gasteiger partial charge in [0.2, 0.25) is 0 Å². The molecule has 0 aromatic heterocycles. The molecule has 20 heavy (non-hydrogen) atoms.